The van der Waals surface area contributed by atoms with Crippen LogP contribution < -0.4 is 15.8 Å². The van der Waals surface area contributed by atoms with Crippen LogP contribution in [0, 0.1) is 0 Å². The highest BCUT2D eigenvalue weighted by atomic mass is 16.5. The van der Waals surface area contributed by atoms with E-state index in [1.54, 1.807) is 0 Å². The number of benzene rings is 2. The van der Waals surface area contributed by atoms with E-state index in [-0.39, 0.29) is 5.91 Å². The number of amides is 1. The van der Waals surface area contributed by atoms with Gasteiger partial charge in [-0.05, 0) is 43.7 Å². The van der Waals surface area contributed by atoms with E-state index in [0.29, 0.717) is 36.6 Å². The Kier molecular flexibility index (Phi) is 5.35. The molecule has 3 N–H and O–H groups in total. The van der Waals surface area contributed by atoms with Gasteiger partial charge in [-0.2, -0.15) is 0 Å². The molecule has 2 rings (SSSR count). The van der Waals surface area contributed by atoms with Crippen molar-refractivity contribution in [1.82, 2.24) is 0 Å². The fourth-order valence-electron chi connectivity index (χ4n) is 2.16. The fourth-order valence-corrected chi connectivity index (χ4v) is 2.16. The maximum Gasteiger partial charge on any atom is 0.256 e. The van der Waals surface area contributed by atoms with Crippen LogP contribution in [0.25, 0.3) is 0 Å². The van der Waals surface area contributed by atoms with E-state index in [4.69, 9.17) is 10.5 Å². The molecule has 21 heavy (non-hydrogen) atoms. The van der Waals surface area contributed by atoms with Gasteiger partial charge in [0.2, 0.25) is 0 Å². The molecule has 0 bridgehead atoms. The van der Waals surface area contributed by atoms with Crippen molar-refractivity contribution >= 4 is 11.6 Å². The summed E-state index contributed by atoms with van der Waals surface area (Å²) in [6.07, 6.45) is 0.677. The molecule has 0 aliphatic heterocycles. The molecule has 0 aromatic heterocycles. The molecule has 110 valence electrons. The molecule has 1 amide bonds. The topological polar surface area (TPSA) is 64.3 Å². The third kappa shape index (κ3) is 3.83. The summed E-state index contributed by atoms with van der Waals surface area (Å²) < 4.78 is 5.52. The molecule has 0 aliphatic rings. The molecule has 0 fully saturated rings. The molecule has 0 radical (unpaired) electrons. The van der Waals surface area contributed by atoms with Crippen LogP contribution in [0.5, 0.6) is 5.75 Å². The number of ether oxygens (including phenoxy) is 1. The quantitative estimate of drug-likeness (QED) is 0.857. The number of nitrogens with two attached hydrogens (primary N) is 1. The molecule has 0 unspecified atom stereocenters. The van der Waals surface area contributed by atoms with Crippen LogP contribution >= 0.6 is 0 Å². The second kappa shape index (κ2) is 7.45. The van der Waals surface area contributed by atoms with Crippen LogP contribution in [0.3, 0.4) is 0 Å². The molecule has 4 nitrogen and oxygen atoms in total. The SMILES string of the molecule is CCOc1ccccc1NC(=O)c1ccccc1CCN. The Morgan fingerprint density at radius 1 is 1.14 bits per heavy atom. The predicted octanol–water partition coefficient (Wildman–Crippen LogP) is 2.84. The number of hydrogen-bond donors (Lipinski definition) is 2. The van der Waals surface area contributed by atoms with Crippen molar-refractivity contribution in [1.29, 1.82) is 0 Å². The Bertz CT molecular complexity index is 611. The molecule has 0 aliphatic carbocycles. The lowest BCUT2D eigenvalue weighted by Gasteiger charge is -2.13. The van der Waals surface area contributed by atoms with Crippen molar-refractivity contribution in [3.05, 3.63) is 59.7 Å². The van der Waals surface area contributed by atoms with Crippen LogP contribution in [0.1, 0.15) is 22.8 Å². The molecular formula is C17H20N2O2. The van der Waals surface area contributed by atoms with E-state index >= 15 is 0 Å². The second-order valence-electron chi connectivity index (χ2n) is 4.58. The molecule has 4 heteroatoms. The molecule has 0 saturated heterocycles. The molecule has 0 heterocycles. The largest absolute Gasteiger partial charge is 0.492 e. The van der Waals surface area contributed by atoms with E-state index in [9.17, 15) is 4.79 Å². The van der Waals surface area contributed by atoms with Crippen molar-refractivity contribution in [3.8, 4) is 5.75 Å². The van der Waals surface area contributed by atoms with Crippen molar-refractivity contribution in [2.24, 2.45) is 5.73 Å². The highest BCUT2D eigenvalue weighted by molar-refractivity contribution is 6.06. The summed E-state index contributed by atoms with van der Waals surface area (Å²) in [4.78, 5) is 12.5. The number of carbonyl (C=O) groups excluding carboxylic acids is 1. The summed E-state index contributed by atoms with van der Waals surface area (Å²) in [7, 11) is 0. The van der Waals surface area contributed by atoms with Crippen molar-refractivity contribution in [2.45, 2.75) is 13.3 Å². The first-order valence-corrected chi connectivity index (χ1v) is 7.07. The van der Waals surface area contributed by atoms with E-state index < -0.39 is 0 Å². The zero-order valence-electron chi connectivity index (χ0n) is 12.1. The van der Waals surface area contributed by atoms with Gasteiger partial charge in [0.05, 0.1) is 12.3 Å². The average molecular weight is 284 g/mol. The Hall–Kier alpha value is -2.33. The third-order valence-electron chi connectivity index (χ3n) is 3.11. The zero-order chi connectivity index (χ0) is 15.1. The smallest absolute Gasteiger partial charge is 0.256 e. The van der Waals surface area contributed by atoms with Crippen LogP contribution in [-0.4, -0.2) is 19.1 Å². The minimum absolute atomic E-state index is 0.147. The van der Waals surface area contributed by atoms with Crippen molar-refractivity contribution < 1.29 is 9.53 Å². The van der Waals surface area contributed by atoms with Gasteiger partial charge in [0.1, 0.15) is 5.75 Å². The number of rotatable bonds is 6. The monoisotopic (exact) mass is 284 g/mol. The Balaban J connectivity index is 2.22. The van der Waals surface area contributed by atoms with Crippen molar-refractivity contribution in [3.63, 3.8) is 0 Å². The van der Waals surface area contributed by atoms with E-state index in [2.05, 4.69) is 5.32 Å². The number of carbonyl (C=O) groups is 1. The first kappa shape index (κ1) is 15.1. The maximum atomic E-state index is 12.5. The van der Waals surface area contributed by atoms with Crippen LogP contribution in [0.2, 0.25) is 0 Å². The van der Waals surface area contributed by atoms with Gasteiger partial charge in [-0.25, -0.2) is 0 Å². The number of anilines is 1. The highest BCUT2D eigenvalue weighted by Crippen LogP contribution is 2.24. The van der Waals surface area contributed by atoms with Gasteiger partial charge < -0.3 is 15.8 Å². The molecule has 2 aromatic carbocycles. The van der Waals surface area contributed by atoms with Crippen LogP contribution in [-0.2, 0) is 6.42 Å². The third-order valence-corrected chi connectivity index (χ3v) is 3.11. The first-order chi connectivity index (χ1) is 10.3. The van der Waals surface area contributed by atoms with Crippen molar-refractivity contribution in [2.75, 3.05) is 18.5 Å². The van der Waals surface area contributed by atoms with Gasteiger partial charge in [-0.15, -0.1) is 0 Å². The summed E-state index contributed by atoms with van der Waals surface area (Å²) in [6, 6.07) is 14.9. The van der Waals surface area contributed by atoms with Gasteiger partial charge >= 0.3 is 0 Å². The highest BCUT2D eigenvalue weighted by Gasteiger charge is 2.12. The molecule has 0 saturated carbocycles. The van der Waals surface area contributed by atoms with Crippen LogP contribution in [0.15, 0.2) is 48.5 Å². The maximum absolute atomic E-state index is 12.5. The molecular weight excluding hydrogens is 264 g/mol. The number of nitrogens with one attached hydrogen (secondary N) is 1. The molecule has 0 atom stereocenters. The zero-order valence-corrected chi connectivity index (χ0v) is 12.1. The fraction of sp³-hybridized carbons (Fsp3) is 0.235. The van der Waals surface area contributed by atoms with Gasteiger partial charge in [0.15, 0.2) is 0 Å². The predicted molar refractivity (Wildman–Crippen MR) is 84.8 cm³/mol. The Morgan fingerprint density at radius 2 is 1.86 bits per heavy atom. The van der Waals surface area contributed by atoms with Gasteiger partial charge in [-0.1, -0.05) is 30.3 Å². The summed E-state index contributed by atoms with van der Waals surface area (Å²) in [6.45, 7) is 2.98. The Labute approximate surface area is 124 Å². The standard InChI is InChI=1S/C17H20N2O2/c1-2-21-16-10-6-5-9-15(16)19-17(20)14-8-4-3-7-13(14)11-12-18/h3-10H,2,11-12,18H2,1H3,(H,19,20). The average Bonchev–Trinajstić information content (AvgIpc) is 2.50. The summed E-state index contributed by atoms with van der Waals surface area (Å²) >= 11 is 0. The normalized spacial score (nSPS) is 10.2. The first-order valence-electron chi connectivity index (χ1n) is 7.07. The number of para-hydroxylation sites is 2. The number of hydrogen-bond acceptors (Lipinski definition) is 3. The Morgan fingerprint density at radius 3 is 2.62 bits per heavy atom. The summed E-state index contributed by atoms with van der Waals surface area (Å²) in [5.74, 6) is 0.524. The lowest BCUT2D eigenvalue weighted by atomic mass is 10.0. The van der Waals surface area contributed by atoms with Gasteiger partial charge in [0, 0.05) is 5.56 Å². The van der Waals surface area contributed by atoms with Gasteiger partial charge in [-0.3, -0.25) is 4.79 Å². The second-order valence-corrected chi connectivity index (χ2v) is 4.58. The minimum Gasteiger partial charge on any atom is -0.492 e. The lowest BCUT2D eigenvalue weighted by molar-refractivity contribution is 0.102. The van der Waals surface area contributed by atoms with E-state index in [0.717, 1.165) is 5.56 Å². The van der Waals surface area contributed by atoms with E-state index in [1.165, 1.54) is 0 Å². The van der Waals surface area contributed by atoms with E-state index in [1.807, 2.05) is 55.5 Å². The molecule has 2 aromatic rings. The summed E-state index contributed by atoms with van der Waals surface area (Å²) in [5.41, 5.74) is 7.86. The van der Waals surface area contributed by atoms with Crippen LogP contribution in [0.4, 0.5) is 5.69 Å². The lowest BCUT2D eigenvalue weighted by Crippen LogP contribution is -2.16. The minimum atomic E-state index is -0.147. The summed E-state index contributed by atoms with van der Waals surface area (Å²) in [5, 5.41) is 2.91. The van der Waals surface area contributed by atoms with Gasteiger partial charge in [0.25, 0.3) is 5.91 Å². The molecule has 0 spiro atoms.